The lowest BCUT2D eigenvalue weighted by Gasteiger charge is -2.40. The first-order valence-corrected chi connectivity index (χ1v) is 12.1. The number of halogens is 13. The Bertz CT molecular complexity index is 966. The molecule has 0 rings (SSSR count). The number of hydrogen-bond acceptors (Lipinski definition) is 5. The zero-order valence-electron chi connectivity index (χ0n) is 17.9. The number of alkyl halides is 13. The number of sulfonamides is 1. The Morgan fingerprint density at radius 1 is 0.611 bits per heavy atom. The lowest BCUT2D eigenvalue weighted by molar-refractivity contribution is -0.433. The second kappa shape index (κ2) is 10.6. The van der Waals surface area contributed by atoms with Gasteiger partial charge in [0.2, 0.25) is 0 Å². The average Bonchev–Trinajstić information content (AvgIpc) is 2.63. The highest BCUT2D eigenvalue weighted by Gasteiger charge is 2.92. The molecule has 22 heteroatoms. The van der Waals surface area contributed by atoms with Crippen molar-refractivity contribution >= 4 is 20.1 Å². The van der Waals surface area contributed by atoms with Crippen molar-refractivity contribution in [2.45, 2.75) is 48.0 Å². The summed E-state index contributed by atoms with van der Waals surface area (Å²) in [4.78, 5) is 1.25. The number of rotatable bonds is 14. The van der Waals surface area contributed by atoms with Crippen LogP contribution in [-0.4, -0.2) is 105 Å². The van der Waals surface area contributed by atoms with Crippen LogP contribution in [0.15, 0.2) is 0 Å². The summed E-state index contributed by atoms with van der Waals surface area (Å²) in [6, 6.07) is 0. The zero-order valence-corrected chi connectivity index (χ0v) is 19.6. The Morgan fingerprint density at radius 3 is 1.36 bits per heavy atom. The first-order chi connectivity index (χ1) is 15.5. The van der Waals surface area contributed by atoms with Gasteiger partial charge >= 0.3 is 35.1 Å². The van der Waals surface area contributed by atoms with Gasteiger partial charge in [0.15, 0.2) is 0 Å². The topological polar surface area (TPSA) is 95.0 Å². The molecule has 0 aromatic heterocycles. The minimum atomic E-state index is -8.31. The maximum atomic E-state index is 14.3. The van der Waals surface area contributed by atoms with E-state index in [0.29, 0.717) is 0 Å². The van der Waals surface area contributed by atoms with Crippen molar-refractivity contribution in [2.75, 3.05) is 39.5 Å². The fourth-order valence-electron chi connectivity index (χ4n) is 2.42. The fraction of sp³-hybridized carbons (Fsp3) is 1.00. The fourth-order valence-corrected chi connectivity index (χ4v) is 4.43. The van der Waals surface area contributed by atoms with Crippen LogP contribution in [0, 0.1) is 0 Å². The van der Waals surface area contributed by atoms with Crippen LogP contribution >= 0.6 is 0 Å². The molecule has 0 unspecified atom stereocenters. The van der Waals surface area contributed by atoms with Crippen LogP contribution < -0.4 is 0 Å². The third-order valence-corrected chi connectivity index (χ3v) is 7.14. The van der Waals surface area contributed by atoms with Gasteiger partial charge < -0.3 is 4.90 Å². The highest BCUT2D eigenvalue weighted by atomic mass is 32.2. The number of hydrogen-bond donors (Lipinski definition) is 1. The van der Waals surface area contributed by atoms with Gasteiger partial charge in [-0.15, -0.1) is 0 Å². The van der Waals surface area contributed by atoms with Gasteiger partial charge in [-0.2, -0.15) is 69.8 Å². The minimum absolute atomic E-state index is 0.210. The van der Waals surface area contributed by atoms with Crippen LogP contribution in [0.1, 0.15) is 12.8 Å². The molecule has 0 amide bonds. The summed E-state index contributed by atoms with van der Waals surface area (Å²) in [7, 11) is -9.55. The molecule has 7 nitrogen and oxygen atoms in total. The molecule has 0 aliphatic rings. The quantitative estimate of drug-likeness (QED) is 0.240. The summed E-state index contributed by atoms with van der Waals surface area (Å²) < 4.78 is 226. The molecule has 0 aliphatic carbocycles. The first-order valence-electron chi connectivity index (χ1n) is 9.07. The van der Waals surface area contributed by atoms with Crippen LogP contribution in [0.3, 0.4) is 0 Å². The Hall–Kier alpha value is -1.13. The summed E-state index contributed by atoms with van der Waals surface area (Å²) in [6.07, 6.45) is -9.35. The molecule has 1 N–H and O–H groups in total. The minimum Gasteiger partial charge on any atom is -0.309 e. The van der Waals surface area contributed by atoms with Gasteiger partial charge in [0.1, 0.15) is 0 Å². The molecule has 0 atom stereocenters. The molecule has 0 saturated carbocycles. The van der Waals surface area contributed by atoms with E-state index in [9.17, 15) is 73.9 Å². The first kappa shape index (κ1) is 34.9. The van der Waals surface area contributed by atoms with Crippen molar-refractivity contribution < 1.29 is 78.5 Å². The Kier molecular flexibility index (Phi) is 10.2. The van der Waals surface area contributed by atoms with Gasteiger partial charge in [-0.25, -0.2) is 8.42 Å². The normalized spacial score (nSPS) is 15.7. The Morgan fingerprint density at radius 2 is 1.00 bits per heavy atom. The van der Waals surface area contributed by atoms with Crippen LogP contribution in [0.5, 0.6) is 0 Å². The molecule has 0 heterocycles. The monoisotopic (exact) mass is 606 g/mol. The predicted molar refractivity (Wildman–Crippen MR) is 95.5 cm³/mol. The average molecular weight is 606 g/mol. The van der Waals surface area contributed by atoms with E-state index in [4.69, 9.17) is 4.55 Å². The maximum absolute atomic E-state index is 14.3. The molecule has 0 spiro atoms. The lowest BCUT2D eigenvalue weighted by atomic mass is 9.98. The van der Waals surface area contributed by atoms with Gasteiger partial charge in [0, 0.05) is 13.1 Å². The van der Waals surface area contributed by atoms with Gasteiger partial charge in [-0.05, 0) is 33.5 Å². The van der Waals surface area contributed by atoms with Crippen LogP contribution in [0.2, 0.25) is 0 Å². The molecule has 0 aliphatic heterocycles. The summed E-state index contributed by atoms with van der Waals surface area (Å²) in [5.74, 6) is -34.1. The molecule has 0 saturated heterocycles. The molecule has 218 valence electrons. The second-order valence-electron chi connectivity index (χ2n) is 7.51. The van der Waals surface area contributed by atoms with Crippen molar-refractivity contribution in [3.8, 4) is 0 Å². The summed E-state index contributed by atoms with van der Waals surface area (Å²) in [6.45, 7) is -3.02. The molecule has 0 fully saturated rings. The van der Waals surface area contributed by atoms with Gasteiger partial charge in [-0.1, -0.05) is 0 Å². The van der Waals surface area contributed by atoms with E-state index in [1.165, 1.54) is 19.0 Å². The third kappa shape index (κ3) is 6.46. The van der Waals surface area contributed by atoms with Gasteiger partial charge in [0.25, 0.3) is 20.1 Å². The molecule has 0 radical (unpaired) electrons. The van der Waals surface area contributed by atoms with E-state index >= 15 is 0 Å². The van der Waals surface area contributed by atoms with Crippen LogP contribution in [0.25, 0.3) is 0 Å². The van der Waals surface area contributed by atoms with Crippen LogP contribution in [-0.2, 0) is 20.1 Å². The van der Waals surface area contributed by atoms with Crippen molar-refractivity contribution in [1.82, 2.24) is 9.21 Å². The molecule has 36 heavy (non-hydrogen) atoms. The summed E-state index contributed by atoms with van der Waals surface area (Å²) in [5, 5.41) is -7.43. The standard InChI is InChI=1S/C14H19F13N2O5S2/c1-28(2)5-3-6-29(7-4-8-35(30,31)32)36(33,34)14(26,27)12(21,22)10(17,18)9(15,16)11(19,20)13(23,24)25/h3-8H2,1-2H3,(H,30,31,32). The van der Waals surface area contributed by atoms with E-state index in [2.05, 4.69) is 0 Å². The lowest BCUT2D eigenvalue weighted by Crippen LogP contribution is -2.71. The molecule has 0 aromatic rings. The zero-order chi connectivity index (χ0) is 29.4. The van der Waals surface area contributed by atoms with E-state index in [-0.39, 0.29) is 6.54 Å². The molecular formula is C14H19F13N2O5S2. The smallest absolute Gasteiger partial charge is 0.309 e. The molecular weight excluding hydrogens is 587 g/mol. The van der Waals surface area contributed by atoms with Crippen LogP contribution in [0.4, 0.5) is 57.1 Å². The highest BCUT2D eigenvalue weighted by molar-refractivity contribution is 7.90. The maximum Gasteiger partial charge on any atom is 0.460 e. The SMILES string of the molecule is CN(C)CCCN(CCCS(=O)(=O)O)S(=O)(=O)C(F)(F)C(F)(F)C(F)(F)C(F)(F)C(F)(F)C(F)(F)F. The van der Waals surface area contributed by atoms with Gasteiger partial charge in [0.05, 0.1) is 5.75 Å². The van der Waals surface area contributed by atoms with E-state index in [0.717, 1.165) is 0 Å². The Labute approximate surface area is 196 Å². The summed E-state index contributed by atoms with van der Waals surface area (Å²) in [5.41, 5.74) is 0. The van der Waals surface area contributed by atoms with Crippen molar-refractivity contribution in [2.24, 2.45) is 0 Å². The van der Waals surface area contributed by atoms with Crippen molar-refractivity contribution in [3.63, 3.8) is 0 Å². The molecule has 0 bridgehead atoms. The third-order valence-electron chi connectivity index (χ3n) is 4.39. The van der Waals surface area contributed by atoms with Gasteiger partial charge in [-0.3, -0.25) is 4.55 Å². The highest BCUT2D eigenvalue weighted by Crippen LogP contribution is 2.61. The van der Waals surface area contributed by atoms with E-state index in [1.807, 2.05) is 0 Å². The largest absolute Gasteiger partial charge is 0.460 e. The molecule has 0 aromatic carbocycles. The Balaban J connectivity index is 6.60. The van der Waals surface area contributed by atoms with E-state index in [1.54, 1.807) is 0 Å². The second-order valence-corrected chi connectivity index (χ2v) is 11.1. The van der Waals surface area contributed by atoms with Crippen molar-refractivity contribution in [3.05, 3.63) is 0 Å². The van der Waals surface area contributed by atoms with Crippen molar-refractivity contribution in [1.29, 1.82) is 0 Å². The van der Waals surface area contributed by atoms with E-state index < -0.39 is 91.3 Å². The number of nitrogens with zero attached hydrogens (tertiary/aromatic N) is 2. The predicted octanol–water partition coefficient (Wildman–Crippen LogP) is 3.54. The summed E-state index contributed by atoms with van der Waals surface area (Å²) >= 11 is 0.